The Labute approximate surface area is 309 Å². The van der Waals surface area contributed by atoms with Crippen LogP contribution in [0.25, 0.3) is 0 Å². The molecule has 1 saturated heterocycles. The maximum absolute atomic E-state index is 13.5. The first-order valence-electron chi connectivity index (χ1n) is 18.8. The first-order valence-corrected chi connectivity index (χ1v) is 18.8. The van der Waals surface area contributed by atoms with E-state index in [1.54, 1.807) is 6.92 Å². The molecule has 1 N–H and O–H groups in total. The van der Waals surface area contributed by atoms with Crippen molar-refractivity contribution in [2.24, 2.45) is 0 Å². The van der Waals surface area contributed by atoms with Gasteiger partial charge in [0.1, 0.15) is 5.75 Å². The zero-order valence-corrected chi connectivity index (χ0v) is 30.7. The van der Waals surface area contributed by atoms with Gasteiger partial charge in [0.15, 0.2) is 0 Å². The highest BCUT2D eigenvalue weighted by Gasteiger charge is 2.33. The second-order valence-electron chi connectivity index (χ2n) is 14.1. The van der Waals surface area contributed by atoms with Crippen LogP contribution in [0.15, 0.2) is 97.1 Å². The lowest BCUT2D eigenvalue weighted by atomic mass is 9.86. The summed E-state index contributed by atoms with van der Waals surface area (Å²) in [5.41, 5.74) is 8.27. The van der Waals surface area contributed by atoms with Crippen LogP contribution in [0.2, 0.25) is 0 Å². The van der Waals surface area contributed by atoms with Gasteiger partial charge < -0.3 is 29.3 Å². The van der Waals surface area contributed by atoms with Crippen molar-refractivity contribution in [2.45, 2.75) is 71.2 Å². The summed E-state index contributed by atoms with van der Waals surface area (Å²) in [6.45, 7) is 9.54. The predicted octanol–water partition coefficient (Wildman–Crippen LogP) is 7.01. The summed E-state index contributed by atoms with van der Waals surface area (Å²) in [6.07, 6.45) is 4.03. The number of hydrogen-bond donors (Lipinski definition) is 1. The minimum atomic E-state index is -0.156. The molecule has 8 nitrogen and oxygen atoms in total. The molecule has 4 aromatic rings. The van der Waals surface area contributed by atoms with E-state index in [0.717, 1.165) is 55.6 Å². The number of fused-ring (bicyclic) bond motifs is 1. The highest BCUT2D eigenvalue weighted by Crippen LogP contribution is 2.34. The van der Waals surface area contributed by atoms with Gasteiger partial charge in [-0.25, -0.2) is 0 Å². The molecule has 6 rings (SSSR count). The van der Waals surface area contributed by atoms with Crippen LogP contribution < -0.4 is 15.0 Å². The van der Waals surface area contributed by atoms with Gasteiger partial charge in [0.2, 0.25) is 11.8 Å². The van der Waals surface area contributed by atoms with Crippen molar-refractivity contribution in [1.29, 1.82) is 0 Å². The van der Waals surface area contributed by atoms with Crippen molar-refractivity contribution in [3.8, 4) is 5.75 Å². The summed E-state index contributed by atoms with van der Waals surface area (Å²) in [5, 5.41) is 2.93. The Kier molecular flexibility index (Phi) is 13.4. The number of anilines is 1. The SMILES string of the molecule is CC(=O)NCCN1CCCc2ccc(COC3CN(C(=O)Cc4ccc(C)cc4)CCC3c3ccc(OCCCOCc4ccccc4)cc3)cc21. The van der Waals surface area contributed by atoms with Crippen molar-refractivity contribution < 1.29 is 23.8 Å². The zero-order valence-electron chi connectivity index (χ0n) is 30.7. The van der Waals surface area contributed by atoms with Crippen LogP contribution in [-0.4, -0.2) is 68.8 Å². The number of carbonyl (C=O) groups excluding carboxylic acids is 2. The number of hydrogen-bond acceptors (Lipinski definition) is 6. The molecule has 0 bridgehead atoms. The largest absolute Gasteiger partial charge is 0.494 e. The number of piperidine rings is 1. The fourth-order valence-corrected chi connectivity index (χ4v) is 7.20. The molecule has 0 saturated carbocycles. The molecule has 2 amide bonds. The molecule has 1 fully saturated rings. The van der Waals surface area contributed by atoms with Crippen LogP contribution >= 0.6 is 0 Å². The van der Waals surface area contributed by atoms with Crippen LogP contribution in [-0.2, 0) is 45.1 Å². The molecular formula is C44H53N3O5. The summed E-state index contributed by atoms with van der Waals surface area (Å²) in [7, 11) is 0. The van der Waals surface area contributed by atoms with Crippen molar-refractivity contribution in [2.75, 3.05) is 50.8 Å². The predicted molar refractivity (Wildman–Crippen MR) is 206 cm³/mol. The van der Waals surface area contributed by atoms with Gasteiger partial charge in [0.05, 0.1) is 39.0 Å². The second-order valence-corrected chi connectivity index (χ2v) is 14.1. The lowest BCUT2D eigenvalue weighted by molar-refractivity contribution is -0.135. The van der Waals surface area contributed by atoms with E-state index in [0.29, 0.717) is 52.5 Å². The summed E-state index contributed by atoms with van der Waals surface area (Å²) in [5.74, 6) is 1.12. The van der Waals surface area contributed by atoms with Crippen LogP contribution in [0.5, 0.6) is 5.75 Å². The van der Waals surface area contributed by atoms with E-state index in [-0.39, 0.29) is 23.8 Å². The van der Waals surface area contributed by atoms with Gasteiger partial charge in [-0.3, -0.25) is 9.59 Å². The smallest absolute Gasteiger partial charge is 0.227 e. The fourth-order valence-electron chi connectivity index (χ4n) is 7.20. The van der Waals surface area contributed by atoms with E-state index in [2.05, 4.69) is 71.7 Å². The molecule has 0 aliphatic carbocycles. The quantitative estimate of drug-likeness (QED) is 0.127. The Morgan fingerprint density at radius 3 is 2.42 bits per heavy atom. The average molecular weight is 704 g/mol. The van der Waals surface area contributed by atoms with E-state index in [4.69, 9.17) is 14.2 Å². The monoisotopic (exact) mass is 703 g/mol. The number of carbonyl (C=O) groups is 2. The molecular weight excluding hydrogens is 651 g/mol. The van der Waals surface area contributed by atoms with E-state index >= 15 is 0 Å². The van der Waals surface area contributed by atoms with Crippen LogP contribution in [0.4, 0.5) is 5.69 Å². The minimum absolute atomic E-state index is 0.00441. The Hall–Kier alpha value is -4.66. The van der Waals surface area contributed by atoms with Gasteiger partial charge in [0, 0.05) is 57.7 Å². The summed E-state index contributed by atoms with van der Waals surface area (Å²) >= 11 is 0. The third kappa shape index (κ3) is 10.7. The van der Waals surface area contributed by atoms with Gasteiger partial charge in [0.25, 0.3) is 0 Å². The van der Waals surface area contributed by atoms with E-state index in [1.807, 2.05) is 47.4 Å². The number of aryl methyl sites for hydroxylation is 2. The van der Waals surface area contributed by atoms with Crippen molar-refractivity contribution in [3.05, 3.63) is 130 Å². The molecule has 52 heavy (non-hydrogen) atoms. The number of likely N-dealkylation sites (tertiary alicyclic amines) is 1. The maximum Gasteiger partial charge on any atom is 0.227 e. The Bertz CT molecular complexity index is 1730. The number of nitrogens with zero attached hydrogens (tertiary/aromatic N) is 2. The molecule has 2 unspecified atom stereocenters. The molecule has 4 aromatic carbocycles. The third-order valence-electron chi connectivity index (χ3n) is 10.1. The van der Waals surface area contributed by atoms with Crippen LogP contribution in [0.3, 0.4) is 0 Å². The Morgan fingerprint density at radius 2 is 1.63 bits per heavy atom. The first-order chi connectivity index (χ1) is 25.4. The molecule has 0 aromatic heterocycles. The third-order valence-corrected chi connectivity index (χ3v) is 10.1. The number of amides is 2. The standard InChI is InChI=1S/C44H53N3O5/c1-33-11-13-35(14-12-33)29-44(49)47-24-21-41(38-17-19-40(20-18-38)51-27-7-26-50-31-36-8-4-3-5-9-36)43(30-47)52-32-37-15-16-39-10-6-23-46(42(39)28-37)25-22-45-34(2)48/h3-5,8-9,11-20,28,41,43H,6-7,10,21-27,29-32H2,1-2H3,(H,45,48). The van der Waals surface area contributed by atoms with Gasteiger partial charge in [-0.15, -0.1) is 0 Å². The number of ether oxygens (including phenoxy) is 3. The van der Waals surface area contributed by atoms with Gasteiger partial charge >= 0.3 is 0 Å². The highest BCUT2D eigenvalue weighted by molar-refractivity contribution is 5.79. The number of rotatable bonds is 16. The normalized spacial score (nSPS) is 17.0. The number of nitrogens with one attached hydrogen (secondary N) is 1. The summed E-state index contributed by atoms with van der Waals surface area (Å²) < 4.78 is 18.6. The summed E-state index contributed by atoms with van der Waals surface area (Å²) in [4.78, 5) is 29.4. The lowest BCUT2D eigenvalue weighted by Gasteiger charge is -2.39. The molecule has 0 radical (unpaired) electrons. The van der Waals surface area contributed by atoms with Gasteiger partial charge in [-0.05, 0) is 72.2 Å². The van der Waals surface area contributed by atoms with Crippen LogP contribution in [0, 0.1) is 6.92 Å². The molecule has 8 heteroatoms. The second kappa shape index (κ2) is 18.7. The Balaban J connectivity index is 1.08. The molecule has 2 atom stereocenters. The first kappa shape index (κ1) is 37.1. The van der Waals surface area contributed by atoms with Crippen LogP contribution in [0.1, 0.15) is 65.5 Å². The maximum atomic E-state index is 13.5. The summed E-state index contributed by atoms with van der Waals surface area (Å²) in [6, 6.07) is 33.5. The molecule has 2 aliphatic rings. The fraction of sp³-hybridized carbons (Fsp3) is 0.409. The molecule has 2 heterocycles. The average Bonchev–Trinajstić information content (AvgIpc) is 3.17. The molecule has 274 valence electrons. The molecule has 0 spiro atoms. The van der Waals surface area contributed by atoms with Gasteiger partial charge in [-0.2, -0.15) is 0 Å². The van der Waals surface area contributed by atoms with Crippen molar-refractivity contribution >= 4 is 17.5 Å². The minimum Gasteiger partial charge on any atom is -0.494 e. The van der Waals surface area contributed by atoms with Crippen molar-refractivity contribution in [1.82, 2.24) is 10.2 Å². The lowest BCUT2D eigenvalue weighted by Crippen LogP contribution is -2.47. The zero-order chi connectivity index (χ0) is 36.1. The van der Waals surface area contributed by atoms with Crippen molar-refractivity contribution in [3.63, 3.8) is 0 Å². The van der Waals surface area contributed by atoms with E-state index in [1.165, 1.54) is 27.9 Å². The Morgan fingerprint density at radius 1 is 0.846 bits per heavy atom. The van der Waals surface area contributed by atoms with E-state index in [9.17, 15) is 9.59 Å². The number of benzene rings is 4. The van der Waals surface area contributed by atoms with E-state index < -0.39 is 0 Å². The van der Waals surface area contributed by atoms with Gasteiger partial charge in [-0.1, -0.05) is 84.4 Å². The highest BCUT2D eigenvalue weighted by atomic mass is 16.5. The topological polar surface area (TPSA) is 80.3 Å². The molecule has 2 aliphatic heterocycles.